The van der Waals surface area contributed by atoms with E-state index < -0.39 is 0 Å². The van der Waals surface area contributed by atoms with E-state index in [-0.39, 0.29) is 6.04 Å². The van der Waals surface area contributed by atoms with Crippen LogP contribution in [0.25, 0.3) is 0 Å². The number of benzene rings is 1. The van der Waals surface area contributed by atoms with Gasteiger partial charge in [0.05, 0.1) is 6.61 Å². The lowest BCUT2D eigenvalue weighted by Gasteiger charge is -2.10. The first-order valence-corrected chi connectivity index (χ1v) is 6.76. The fourth-order valence-electron chi connectivity index (χ4n) is 1.76. The topological polar surface area (TPSA) is 53.7 Å². The van der Waals surface area contributed by atoms with Crippen molar-refractivity contribution in [2.45, 2.75) is 25.8 Å². The molecule has 2 N–H and O–H groups in total. The van der Waals surface area contributed by atoms with Gasteiger partial charge in [0.2, 0.25) is 0 Å². The van der Waals surface area contributed by atoms with E-state index in [1.54, 1.807) is 7.11 Å². The Morgan fingerprint density at radius 3 is 2.74 bits per heavy atom. The van der Waals surface area contributed by atoms with Crippen LogP contribution >= 0.6 is 0 Å². The molecule has 0 aliphatic carbocycles. The molecule has 0 heterocycles. The Hall–Kier alpha value is -1.10. The molecule has 1 rings (SSSR count). The van der Waals surface area contributed by atoms with Crippen molar-refractivity contribution in [3.63, 3.8) is 0 Å². The molecule has 0 bridgehead atoms. The Bertz CT molecular complexity index is 342. The van der Waals surface area contributed by atoms with Crippen LogP contribution in [0.2, 0.25) is 0 Å². The summed E-state index contributed by atoms with van der Waals surface area (Å²) < 4.78 is 16.0. The lowest BCUT2D eigenvalue weighted by Crippen LogP contribution is -2.17. The second-order valence-electron chi connectivity index (χ2n) is 4.64. The summed E-state index contributed by atoms with van der Waals surface area (Å²) >= 11 is 0. The predicted octanol–water partition coefficient (Wildman–Crippen LogP) is 2.01. The van der Waals surface area contributed by atoms with Crippen LogP contribution in [0, 0.1) is 0 Å². The Kier molecular flexibility index (Phi) is 8.21. The first-order chi connectivity index (χ1) is 9.22. The van der Waals surface area contributed by atoms with E-state index in [2.05, 4.69) is 6.07 Å². The first kappa shape index (κ1) is 16.0. The molecule has 108 valence electrons. The van der Waals surface area contributed by atoms with E-state index in [1.165, 1.54) is 5.56 Å². The summed E-state index contributed by atoms with van der Waals surface area (Å²) in [5, 5.41) is 0. The van der Waals surface area contributed by atoms with Crippen LogP contribution < -0.4 is 10.5 Å². The van der Waals surface area contributed by atoms with Crippen molar-refractivity contribution in [1.82, 2.24) is 0 Å². The molecule has 19 heavy (non-hydrogen) atoms. The summed E-state index contributed by atoms with van der Waals surface area (Å²) in [7, 11) is 1.69. The number of methoxy groups -OCH3 is 1. The van der Waals surface area contributed by atoms with Gasteiger partial charge in [-0.2, -0.15) is 0 Å². The maximum atomic E-state index is 5.78. The molecule has 0 saturated heterocycles. The van der Waals surface area contributed by atoms with Crippen molar-refractivity contribution in [2.24, 2.45) is 5.73 Å². The molecule has 4 nitrogen and oxygen atoms in total. The smallest absolute Gasteiger partial charge is 0.119 e. The highest BCUT2D eigenvalue weighted by molar-refractivity contribution is 5.28. The zero-order chi connectivity index (χ0) is 13.9. The molecule has 0 spiro atoms. The third kappa shape index (κ3) is 7.82. The van der Waals surface area contributed by atoms with Crippen LogP contribution in [-0.4, -0.2) is 39.6 Å². The van der Waals surface area contributed by atoms with Gasteiger partial charge in [0.15, 0.2) is 0 Å². The fraction of sp³-hybridized carbons (Fsp3) is 0.600. The fourth-order valence-corrected chi connectivity index (χ4v) is 1.76. The van der Waals surface area contributed by atoms with Gasteiger partial charge < -0.3 is 19.9 Å². The summed E-state index contributed by atoms with van der Waals surface area (Å²) in [5.41, 5.74) is 6.99. The van der Waals surface area contributed by atoms with Gasteiger partial charge >= 0.3 is 0 Å². The molecule has 4 heteroatoms. The summed E-state index contributed by atoms with van der Waals surface area (Å²) in [4.78, 5) is 0. The molecule has 1 atom stereocenters. The molecule has 1 aromatic rings. The standard InChI is InChI=1S/C15H25NO3/c1-13(16)11-14-5-3-6-15(12-14)19-10-9-18-8-4-7-17-2/h3,5-6,12-13H,4,7-11,16H2,1-2H3. The lowest BCUT2D eigenvalue weighted by molar-refractivity contribution is 0.0806. The third-order valence-corrected chi connectivity index (χ3v) is 2.59. The van der Waals surface area contributed by atoms with Crippen LogP contribution in [0.5, 0.6) is 5.75 Å². The van der Waals surface area contributed by atoms with Crippen LogP contribution in [-0.2, 0) is 15.9 Å². The van der Waals surface area contributed by atoms with Crippen molar-refractivity contribution in [3.8, 4) is 5.75 Å². The zero-order valence-corrected chi connectivity index (χ0v) is 11.9. The molecule has 0 aromatic heterocycles. The molecule has 0 fully saturated rings. The highest BCUT2D eigenvalue weighted by Gasteiger charge is 2.00. The highest BCUT2D eigenvalue weighted by atomic mass is 16.5. The molecule has 0 saturated carbocycles. The molecule has 1 unspecified atom stereocenters. The Morgan fingerprint density at radius 1 is 1.16 bits per heavy atom. The second-order valence-corrected chi connectivity index (χ2v) is 4.64. The number of rotatable bonds is 10. The van der Waals surface area contributed by atoms with Gasteiger partial charge in [-0.15, -0.1) is 0 Å². The van der Waals surface area contributed by atoms with Crippen molar-refractivity contribution in [2.75, 3.05) is 33.5 Å². The van der Waals surface area contributed by atoms with E-state index >= 15 is 0 Å². The van der Waals surface area contributed by atoms with Gasteiger partial charge in [0.1, 0.15) is 12.4 Å². The van der Waals surface area contributed by atoms with Gasteiger partial charge in [-0.05, 0) is 37.5 Å². The number of ether oxygens (including phenoxy) is 3. The summed E-state index contributed by atoms with van der Waals surface area (Å²) in [6.07, 6.45) is 1.78. The molecule has 0 aliphatic heterocycles. The van der Waals surface area contributed by atoms with Gasteiger partial charge in [0.25, 0.3) is 0 Å². The minimum Gasteiger partial charge on any atom is -0.491 e. The van der Waals surface area contributed by atoms with Crippen LogP contribution in [0.4, 0.5) is 0 Å². The van der Waals surface area contributed by atoms with Crippen molar-refractivity contribution in [1.29, 1.82) is 0 Å². The van der Waals surface area contributed by atoms with Gasteiger partial charge in [-0.3, -0.25) is 0 Å². The number of nitrogens with two attached hydrogens (primary N) is 1. The minimum atomic E-state index is 0.166. The van der Waals surface area contributed by atoms with E-state index in [0.29, 0.717) is 19.8 Å². The van der Waals surface area contributed by atoms with E-state index in [0.717, 1.165) is 25.2 Å². The molecular weight excluding hydrogens is 242 g/mol. The first-order valence-electron chi connectivity index (χ1n) is 6.76. The highest BCUT2D eigenvalue weighted by Crippen LogP contribution is 2.14. The predicted molar refractivity (Wildman–Crippen MR) is 76.6 cm³/mol. The van der Waals surface area contributed by atoms with Gasteiger partial charge in [-0.25, -0.2) is 0 Å². The van der Waals surface area contributed by atoms with E-state index in [9.17, 15) is 0 Å². The maximum absolute atomic E-state index is 5.78. The van der Waals surface area contributed by atoms with Crippen molar-refractivity contribution >= 4 is 0 Å². The van der Waals surface area contributed by atoms with E-state index in [4.69, 9.17) is 19.9 Å². The largest absolute Gasteiger partial charge is 0.491 e. The molecule has 1 aromatic carbocycles. The Morgan fingerprint density at radius 2 is 2.00 bits per heavy atom. The maximum Gasteiger partial charge on any atom is 0.119 e. The average Bonchev–Trinajstić information content (AvgIpc) is 2.37. The average molecular weight is 267 g/mol. The van der Waals surface area contributed by atoms with Crippen LogP contribution in [0.15, 0.2) is 24.3 Å². The molecular formula is C15H25NO3. The normalized spacial score (nSPS) is 12.4. The third-order valence-electron chi connectivity index (χ3n) is 2.59. The summed E-state index contributed by atoms with van der Waals surface area (Å²) in [6, 6.07) is 8.22. The summed E-state index contributed by atoms with van der Waals surface area (Å²) in [5.74, 6) is 0.874. The van der Waals surface area contributed by atoms with Crippen LogP contribution in [0.1, 0.15) is 18.9 Å². The summed E-state index contributed by atoms with van der Waals surface area (Å²) in [6.45, 7) is 4.61. The van der Waals surface area contributed by atoms with Crippen molar-refractivity contribution < 1.29 is 14.2 Å². The van der Waals surface area contributed by atoms with E-state index in [1.807, 2.05) is 25.1 Å². The van der Waals surface area contributed by atoms with Crippen LogP contribution in [0.3, 0.4) is 0 Å². The molecule has 0 amide bonds. The number of hydrogen-bond donors (Lipinski definition) is 1. The van der Waals surface area contributed by atoms with Crippen molar-refractivity contribution in [3.05, 3.63) is 29.8 Å². The molecule has 0 aliphatic rings. The minimum absolute atomic E-state index is 0.166. The second kappa shape index (κ2) is 9.78. The monoisotopic (exact) mass is 267 g/mol. The van der Waals surface area contributed by atoms with Gasteiger partial charge in [-0.1, -0.05) is 12.1 Å². The Labute approximate surface area is 115 Å². The quantitative estimate of drug-likeness (QED) is 0.659. The zero-order valence-electron chi connectivity index (χ0n) is 11.9. The Balaban J connectivity index is 2.18. The van der Waals surface area contributed by atoms with Gasteiger partial charge in [0, 0.05) is 26.4 Å². The SMILES string of the molecule is COCCCOCCOc1cccc(CC(C)N)c1. The number of hydrogen-bond acceptors (Lipinski definition) is 4. The molecule has 0 radical (unpaired) electrons. The lowest BCUT2D eigenvalue weighted by atomic mass is 10.1.